The molecule has 2 aliphatic rings. The van der Waals surface area contributed by atoms with Crippen LogP contribution in [0.4, 0.5) is 5.69 Å². The van der Waals surface area contributed by atoms with Gasteiger partial charge in [-0.05, 0) is 29.8 Å². The minimum absolute atomic E-state index is 0.0790. The van der Waals surface area contributed by atoms with Gasteiger partial charge in [0.1, 0.15) is 10.4 Å². The Morgan fingerprint density at radius 1 is 1.41 bits per heavy atom. The van der Waals surface area contributed by atoms with Crippen molar-refractivity contribution >= 4 is 29.2 Å². The van der Waals surface area contributed by atoms with Crippen molar-refractivity contribution in [2.24, 2.45) is 0 Å². The van der Waals surface area contributed by atoms with Crippen LogP contribution in [-0.4, -0.2) is 32.0 Å². The van der Waals surface area contributed by atoms with Crippen LogP contribution in [0.2, 0.25) is 0 Å². The van der Waals surface area contributed by atoms with E-state index in [-0.39, 0.29) is 16.8 Å². The summed E-state index contributed by atoms with van der Waals surface area (Å²) in [6.45, 7) is 2.12. The highest BCUT2D eigenvalue weighted by atomic mass is 32.2. The first-order chi connectivity index (χ1) is 13.0. The van der Waals surface area contributed by atoms with Crippen LogP contribution in [0.3, 0.4) is 0 Å². The molecule has 2 aromatic rings. The predicted molar refractivity (Wildman–Crippen MR) is 102 cm³/mol. The van der Waals surface area contributed by atoms with Crippen molar-refractivity contribution < 1.29 is 14.8 Å². The first kappa shape index (κ1) is 18.0. The van der Waals surface area contributed by atoms with Gasteiger partial charge < -0.3 is 9.84 Å². The zero-order chi connectivity index (χ0) is 19.1. The second-order valence-corrected chi connectivity index (χ2v) is 8.00. The molecule has 1 unspecified atom stereocenters. The lowest BCUT2D eigenvalue weighted by molar-refractivity contribution is -0.386. The molecule has 0 bridgehead atoms. The third kappa shape index (κ3) is 2.90. The molecule has 0 aliphatic carbocycles. The van der Waals surface area contributed by atoms with Gasteiger partial charge in [0, 0.05) is 17.9 Å². The normalized spacial score (nSPS) is 17.6. The van der Waals surface area contributed by atoms with E-state index < -0.39 is 10.7 Å². The van der Waals surface area contributed by atoms with E-state index >= 15 is 0 Å². The number of nitro groups is 1. The van der Waals surface area contributed by atoms with E-state index in [1.165, 1.54) is 36.7 Å². The van der Waals surface area contributed by atoms with Gasteiger partial charge in [0.2, 0.25) is 10.9 Å². The number of hydrogen-bond acceptors (Lipinski definition) is 9. The SMILES string of the molecule is CCCCc1nnc2n1N1C(=CSC1c1cc(OC)c(O)c([N+](=O)[O-])c1)S2. The van der Waals surface area contributed by atoms with Gasteiger partial charge in [-0.25, -0.2) is 4.68 Å². The molecule has 0 radical (unpaired) electrons. The van der Waals surface area contributed by atoms with Crippen LogP contribution < -0.4 is 9.75 Å². The van der Waals surface area contributed by atoms with Gasteiger partial charge >= 0.3 is 5.69 Å². The van der Waals surface area contributed by atoms with Crippen molar-refractivity contribution in [3.63, 3.8) is 0 Å². The molecule has 1 N–H and O–H groups in total. The average Bonchev–Trinajstić information content (AvgIpc) is 3.31. The number of benzene rings is 1. The third-order valence-corrected chi connectivity index (χ3v) is 6.56. The summed E-state index contributed by atoms with van der Waals surface area (Å²) in [4.78, 5) is 10.7. The number of hydrogen-bond donors (Lipinski definition) is 1. The Bertz CT molecular complexity index is 945. The molecule has 1 aromatic carbocycles. The minimum atomic E-state index is -0.606. The number of unbranched alkanes of at least 4 members (excludes halogenated alkanes) is 1. The summed E-state index contributed by atoms with van der Waals surface area (Å²) in [5, 5.41) is 35.6. The minimum Gasteiger partial charge on any atom is -0.500 e. The Hall–Kier alpha value is -2.40. The average molecular weight is 407 g/mol. The van der Waals surface area contributed by atoms with Crippen molar-refractivity contribution in [2.75, 3.05) is 12.1 Å². The van der Waals surface area contributed by atoms with E-state index in [1.807, 2.05) is 15.1 Å². The van der Waals surface area contributed by atoms with Crippen molar-refractivity contribution in [3.8, 4) is 11.5 Å². The van der Waals surface area contributed by atoms with Gasteiger partial charge in [-0.15, -0.1) is 10.2 Å². The van der Waals surface area contributed by atoms with Crippen molar-refractivity contribution in [3.05, 3.63) is 44.1 Å². The lowest BCUT2D eigenvalue weighted by Gasteiger charge is -2.26. The molecule has 0 amide bonds. The summed E-state index contributed by atoms with van der Waals surface area (Å²) in [6, 6.07) is 3.03. The van der Waals surface area contributed by atoms with E-state index in [2.05, 4.69) is 17.1 Å². The van der Waals surface area contributed by atoms with Crippen LogP contribution in [0.5, 0.6) is 11.5 Å². The molecule has 1 atom stereocenters. The number of fused-ring (bicyclic) bond motifs is 3. The molecular formula is C16H17N5O4S2. The number of phenolic OH excluding ortho intramolecular Hbond substituents is 1. The van der Waals surface area contributed by atoms with Crippen LogP contribution in [-0.2, 0) is 6.42 Å². The standard InChI is InChI=1S/C16H17N5O4S2/c1-3-4-5-12-17-18-16-19(12)20-13(27-16)8-26-15(20)9-6-10(21(23)24)14(22)11(7-9)25-2/h6-8,15,22H,3-5H2,1-2H3. The van der Waals surface area contributed by atoms with Gasteiger partial charge in [0.15, 0.2) is 11.6 Å². The maximum Gasteiger partial charge on any atom is 0.315 e. The second-order valence-electron chi connectivity index (χ2n) is 6.05. The smallest absolute Gasteiger partial charge is 0.315 e. The molecule has 2 aliphatic heterocycles. The first-order valence-electron chi connectivity index (χ1n) is 8.37. The summed E-state index contributed by atoms with van der Waals surface area (Å²) in [7, 11) is 1.38. The van der Waals surface area contributed by atoms with E-state index in [4.69, 9.17) is 4.74 Å². The lowest BCUT2D eigenvalue weighted by atomic mass is 10.1. The second kappa shape index (κ2) is 6.97. The molecule has 0 saturated heterocycles. The Morgan fingerprint density at radius 3 is 2.93 bits per heavy atom. The Balaban J connectivity index is 1.75. The summed E-state index contributed by atoms with van der Waals surface area (Å²) >= 11 is 3.06. The number of nitrogens with zero attached hydrogens (tertiary/aromatic N) is 5. The number of ether oxygens (including phenoxy) is 1. The molecule has 9 nitrogen and oxygen atoms in total. The molecule has 4 rings (SSSR count). The summed E-state index contributed by atoms with van der Waals surface area (Å²) < 4.78 is 7.13. The molecule has 0 saturated carbocycles. The predicted octanol–water partition coefficient (Wildman–Crippen LogP) is 3.53. The molecule has 0 fully saturated rings. The Labute approximate surface area is 163 Å². The summed E-state index contributed by atoms with van der Waals surface area (Å²) in [5.74, 6) is 0.484. The van der Waals surface area contributed by atoms with Gasteiger partial charge in [-0.3, -0.25) is 15.1 Å². The Kier molecular flexibility index (Phi) is 4.64. The highest BCUT2D eigenvalue weighted by Gasteiger charge is 2.40. The molecule has 142 valence electrons. The van der Waals surface area contributed by atoms with E-state index in [9.17, 15) is 15.2 Å². The lowest BCUT2D eigenvalue weighted by Crippen LogP contribution is -2.30. The van der Waals surface area contributed by atoms with E-state index in [0.717, 1.165) is 35.3 Å². The van der Waals surface area contributed by atoms with E-state index in [1.54, 1.807) is 6.07 Å². The maximum atomic E-state index is 11.3. The summed E-state index contributed by atoms with van der Waals surface area (Å²) in [6.07, 6.45) is 2.87. The molecule has 3 heterocycles. The topological polar surface area (TPSA) is 107 Å². The third-order valence-electron chi connectivity index (χ3n) is 4.37. The zero-order valence-corrected chi connectivity index (χ0v) is 16.3. The largest absolute Gasteiger partial charge is 0.500 e. The number of aromatic hydroxyl groups is 1. The number of nitro benzene ring substituents is 1. The van der Waals surface area contributed by atoms with Crippen LogP contribution in [0, 0.1) is 10.1 Å². The van der Waals surface area contributed by atoms with Gasteiger partial charge in [-0.2, -0.15) is 0 Å². The number of rotatable bonds is 6. The van der Waals surface area contributed by atoms with E-state index in [0.29, 0.717) is 5.56 Å². The molecule has 27 heavy (non-hydrogen) atoms. The van der Waals surface area contributed by atoms with Gasteiger partial charge in [0.05, 0.1) is 12.0 Å². The number of aromatic nitrogens is 3. The summed E-state index contributed by atoms with van der Waals surface area (Å²) in [5.41, 5.74) is 0.289. The van der Waals surface area contributed by atoms with Crippen LogP contribution in [0.15, 0.2) is 27.7 Å². The highest BCUT2D eigenvalue weighted by Crippen LogP contribution is 2.52. The number of aryl methyl sites for hydroxylation is 1. The van der Waals surface area contributed by atoms with Crippen LogP contribution in [0.25, 0.3) is 0 Å². The number of methoxy groups -OCH3 is 1. The van der Waals surface area contributed by atoms with Crippen LogP contribution in [0.1, 0.15) is 36.5 Å². The van der Waals surface area contributed by atoms with Crippen LogP contribution >= 0.6 is 23.5 Å². The fourth-order valence-corrected chi connectivity index (χ4v) is 5.28. The number of thioether (sulfide) groups is 2. The number of phenols is 1. The van der Waals surface area contributed by atoms with Crippen molar-refractivity contribution in [1.29, 1.82) is 0 Å². The fourth-order valence-electron chi connectivity index (χ4n) is 3.06. The first-order valence-corrected chi connectivity index (χ1v) is 10.1. The molecule has 11 heteroatoms. The van der Waals surface area contributed by atoms with Gasteiger partial charge in [0.25, 0.3) is 0 Å². The van der Waals surface area contributed by atoms with Crippen molar-refractivity contribution in [2.45, 2.75) is 36.7 Å². The quantitative estimate of drug-likeness (QED) is 0.568. The monoisotopic (exact) mass is 407 g/mol. The molecule has 1 aromatic heterocycles. The maximum absolute atomic E-state index is 11.3. The van der Waals surface area contributed by atoms with Crippen molar-refractivity contribution in [1.82, 2.24) is 14.9 Å². The molecule has 0 spiro atoms. The zero-order valence-electron chi connectivity index (χ0n) is 14.7. The molecular weight excluding hydrogens is 390 g/mol. The Morgan fingerprint density at radius 2 is 2.22 bits per heavy atom. The highest BCUT2D eigenvalue weighted by molar-refractivity contribution is 8.07. The fraction of sp³-hybridized carbons (Fsp3) is 0.375. The van der Waals surface area contributed by atoms with Gasteiger partial charge in [-0.1, -0.05) is 25.1 Å².